The smallest absolute Gasteiger partial charge is 0.254 e. The molecule has 1 aromatic carbocycles. The first kappa shape index (κ1) is 15.6. The van der Waals surface area contributed by atoms with E-state index in [-0.39, 0.29) is 12.1 Å². The van der Waals surface area contributed by atoms with Gasteiger partial charge in [0.25, 0.3) is 5.91 Å². The van der Waals surface area contributed by atoms with Crippen LogP contribution in [0.3, 0.4) is 0 Å². The molecule has 0 saturated carbocycles. The van der Waals surface area contributed by atoms with Crippen molar-refractivity contribution in [1.82, 2.24) is 10.6 Å². The molecule has 0 heterocycles. The van der Waals surface area contributed by atoms with Crippen LogP contribution in [0.4, 0.5) is 8.78 Å². The van der Waals surface area contributed by atoms with Gasteiger partial charge in [-0.15, -0.1) is 0 Å². The minimum absolute atomic E-state index is 0.121. The SMILES string of the molecule is CC(NC(=O)c1cc(Br)ccc1F)C(=O)NCCF. The molecule has 1 atom stereocenters. The molecule has 7 heteroatoms. The number of alkyl halides is 1. The van der Waals surface area contributed by atoms with Crippen molar-refractivity contribution in [2.75, 3.05) is 13.2 Å². The Hall–Kier alpha value is -1.50. The summed E-state index contributed by atoms with van der Waals surface area (Å²) in [6, 6.07) is 3.05. The summed E-state index contributed by atoms with van der Waals surface area (Å²) in [6.45, 7) is 0.623. The molecule has 0 fully saturated rings. The van der Waals surface area contributed by atoms with E-state index in [2.05, 4.69) is 26.6 Å². The zero-order chi connectivity index (χ0) is 14.4. The lowest BCUT2D eigenvalue weighted by Gasteiger charge is -2.13. The van der Waals surface area contributed by atoms with Crippen LogP contribution in [-0.2, 0) is 4.79 Å². The van der Waals surface area contributed by atoms with Crippen molar-refractivity contribution in [2.45, 2.75) is 13.0 Å². The predicted octanol–water partition coefficient (Wildman–Crippen LogP) is 1.79. The monoisotopic (exact) mass is 334 g/mol. The Kier molecular flexibility index (Phi) is 5.88. The molecule has 1 unspecified atom stereocenters. The third-order valence-corrected chi connectivity index (χ3v) is 2.80. The summed E-state index contributed by atoms with van der Waals surface area (Å²) < 4.78 is 25.9. The number of rotatable bonds is 5. The Morgan fingerprint density at radius 3 is 2.74 bits per heavy atom. The van der Waals surface area contributed by atoms with Gasteiger partial charge in [0, 0.05) is 11.0 Å². The molecule has 19 heavy (non-hydrogen) atoms. The summed E-state index contributed by atoms with van der Waals surface area (Å²) in [5, 5.41) is 4.62. The van der Waals surface area contributed by atoms with Crippen molar-refractivity contribution in [2.24, 2.45) is 0 Å². The maximum atomic E-state index is 13.4. The van der Waals surface area contributed by atoms with Gasteiger partial charge in [-0.2, -0.15) is 0 Å². The number of hydrogen-bond acceptors (Lipinski definition) is 2. The van der Waals surface area contributed by atoms with Gasteiger partial charge in [0.15, 0.2) is 0 Å². The summed E-state index contributed by atoms with van der Waals surface area (Å²) in [4.78, 5) is 23.2. The van der Waals surface area contributed by atoms with Gasteiger partial charge in [-0.05, 0) is 25.1 Å². The van der Waals surface area contributed by atoms with Gasteiger partial charge >= 0.3 is 0 Å². The summed E-state index contributed by atoms with van der Waals surface area (Å²) in [6.07, 6.45) is 0. The summed E-state index contributed by atoms with van der Waals surface area (Å²) in [5.74, 6) is -1.92. The largest absolute Gasteiger partial charge is 0.352 e. The average Bonchev–Trinajstić information content (AvgIpc) is 2.38. The first-order valence-electron chi connectivity index (χ1n) is 5.55. The lowest BCUT2D eigenvalue weighted by molar-refractivity contribution is -0.122. The molecule has 0 radical (unpaired) electrons. The number of nitrogens with one attached hydrogen (secondary N) is 2. The molecule has 0 aliphatic rings. The molecule has 0 spiro atoms. The van der Waals surface area contributed by atoms with Crippen molar-refractivity contribution in [1.29, 1.82) is 0 Å². The number of amides is 2. The zero-order valence-corrected chi connectivity index (χ0v) is 11.8. The second kappa shape index (κ2) is 7.18. The Labute approximate surface area is 117 Å². The number of hydrogen-bond donors (Lipinski definition) is 2. The number of carbonyl (C=O) groups is 2. The van der Waals surface area contributed by atoms with Crippen LogP contribution in [0.15, 0.2) is 22.7 Å². The van der Waals surface area contributed by atoms with Crippen molar-refractivity contribution in [3.05, 3.63) is 34.1 Å². The molecule has 0 bridgehead atoms. The maximum Gasteiger partial charge on any atom is 0.254 e. The van der Waals surface area contributed by atoms with Crippen LogP contribution in [0.2, 0.25) is 0 Å². The maximum absolute atomic E-state index is 13.4. The molecule has 0 aromatic heterocycles. The highest BCUT2D eigenvalue weighted by Crippen LogP contribution is 2.15. The van der Waals surface area contributed by atoms with Crippen LogP contribution in [-0.4, -0.2) is 31.1 Å². The Balaban J connectivity index is 2.68. The lowest BCUT2D eigenvalue weighted by Crippen LogP contribution is -2.45. The number of carbonyl (C=O) groups excluding carboxylic acids is 2. The molecule has 1 aromatic rings. The molecule has 2 N–H and O–H groups in total. The van der Waals surface area contributed by atoms with Crippen LogP contribution in [0.25, 0.3) is 0 Å². The van der Waals surface area contributed by atoms with Crippen LogP contribution in [0, 0.1) is 5.82 Å². The molecular weight excluding hydrogens is 322 g/mol. The average molecular weight is 335 g/mol. The first-order valence-corrected chi connectivity index (χ1v) is 6.34. The quantitative estimate of drug-likeness (QED) is 0.862. The first-order chi connectivity index (χ1) is 8.95. The van der Waals surface area contributed by atoms with Crippen molar-refractivity contribution >= 4 is 27.7 Å². The fourth-order valence-corrected chi connectivity index (χ4v) is 1.70. The van der Waals surface area contributed by atoms with E-state index < -0.39 is 30.3 Å². The molecule has 0 aliphatic heterocycles. The Bertz CT molecular complexity index is 483. The van der Waals surface area contributed by atoms with Crippen molar-refractivity contribution < 1.29 is 18.4 Å². The predicted molar refractivity (Wildman–Crippen MR) is 70.0 cm³/mol. The van der Waals surface area contributed by atoms with E-state index in [1.54, 1.807) is 0 Å². The van der Waals surface area contributed by atoms with Gasteiger partial charge in [-0.3, -0.25) is 9.59 Å². The summed E-state index contributed by atoms with van der Waals surface area (Å²) in [7, 11) is 0. The second-order valence-corrected chi connectivity index (χ2v) is 4.72. The fraction of sp³-hybridized carbons (Fsp3) is 0.333. The second-order valence-electron chi connectivity index (χ2n) is 3.80. The van der Waals surface area contributed by atoms with E-state index in [0.29, 0.717) is 4.47 Å². The Morgan fingerprint density at radius 1 is 1.42 bits per heavy atom. The molecule has 1 rings (SSSR count). The highest BCUT2D eigenvalue weighted by Gasteiger charge is 2.18. The minimum atomic E-state index is -0.877. The third kappa shape index (κ3) is 4.59. The van der Waals surface area contributed by atoms with Crippen LogP contribution < -0.4 is 10.6 Å². The van der Waals surface area contributed by atoms with Gasteiger partial charge in [-0.1, -0.05) is 15.9 Å². The van der Waals surface area contributed by atoms with Gasteiger partial charge < -0.3 is 10.6 Å². The third-order valence-electron chi connectivity index (χ3n) is 2.31. The van der Waals surface area contributed by atoms with E-state index in [9.17, 15) is 18.4 Å². The summed E-state index contributed by atoms with van der Waals surface area (Å²) >= 11 is 3.13. The van der Waals surface area contributed by atoms with Crippen LogP contribution in [0.5, 0.6) is 0 Å². The molecule has 0 aliphatic carbocycles. The number of halogens is 3. The normalized spacial score (nSPS) is 11.8. The molecule has 104 valence electrons. The van der Waals surface area contributed by atoms with Gasteiger partial charge in [0.1, 0.15) is 18.5 Å². The standard InChI is InChI=1S/C12H13BrF2N2O2/c1-7(11(18)16-5-4-14)17-12(19)9-6-8(13)2-3-10(9)15/h2-3,6-7H,4-5H2,1H3,(H,16,18)(H,17,19). The minimum Gasteiger partial charge on any atom is -0.352 e. The highest BCUT2D eigenvalue weighted by atomic mass is 79.9. The summed E-state index contributed by atoms with van der Waals surface area (Å²) in [5.41, 5.74) is -0.167. The van der Waals surface area contributed by atoms with E-state index in [4.69, 9.17) is 0 Å². The van der Waals surface area contributed by atoms with Crippen LogP contribution >= 0.6 is 15.9 Å². The lowest BCUT2D eigenvalue weighted by atomic mass is 10.2. The van der Waals surface area contributed by atoms with Crippen molar-refractivity contribution in [3.63, 3.8) is 0 Å². The van der Waals surface area contributed by atoms with Gasteiger partial charge in [0.2, 0.25) is 5.91 Å². The molecule has 4 nitrogen and oxygen atoms in total. The molecule has 0 saturated heterocycles. The van der Waals surface area contributed by atoms with E-state index in [1.807, 2.05) is 0 Å². The number of benzene rings is 1. The zero-order valence-electron chi connectivity index (χ0n) is 10.2. The topological polar surface area (TPSA) is 58.2 Å². The van der Waals surface area contributed by atoms with Crippen molar-refractivity contribution in [3.8, 4) is 0 Å². The van der Waals surface area contributed by atoms with Gasteiger partial charge in [0.05, 0.1) is 5.56 Å². The molecule has 2 amide bonds. The highest BCUT2D eigenvalue weighted by molar-refractivity contribution is 9.10. The van der Waals surface area contributed by atoms with Gasteiger partial charge in [-0.25, -0.2) is 8.78 Å². The van der Waals surface area contributed by atoms with E-state index in [0.717, 1.165) is 6.07 Å². The molecular formula is C12H13BrF2N2O2. The van der Waals surface area contributed by atoms with E-state index in [1.165, 1.54) is 19.1 Å². The Morgan fingerprint density at radius 2 is 2.11 bits per heavy atom. The van der Waals surface area contributed by atoms with E-state index >= 15 is 0 Å². The fourth-order valence-electron chi connectivity index (χ4n) is 1.33. The van der Waals surface area contributed by atoms with Crippen LogP contribution in [0.1, 0.15) is 17.3 Å².